The third-order valence-electron chi connectivity index (χ3n) is 12.6. The van der Waals surface area contributed by atoms with E-state index in [1.807, 2.05) is 17.5 Å². The van der Waals surface area contributed by atoms with Gasteiger partial charge in [-0.15, -0.1) is 11.3 Å². The summed E-state index contributed by atoms with van der Waals surface area (Å²) in [5.74, 6) is 0. The summed E-state index contributed by atoms with van der Waals surface area (Å²) in [5, 5.41) is 7.22. The van der Waals surface area contributed by atoms with Crippen molar-refractivity contribution in [2.24, 2.45) is 0 Å². The van der Waals surface area contributed by atoms with Gasteiger partial charge in [0.2, 0.25) is 0 Å². The molecule has 1 aliphatic carbocycles. The number of thiophene rings is 1. The van der Waals surface area contributed by atoms with E-state index in [9.17, 15) is 0 Å². The molecule has 12 rings (SSSR count). The molecular formula is C55H36N2S. The highest BCUT2D eigenvalue weighted by atomic mass is 32.1. The van der Waals surface area contributed by atoms with Gasteiger partial charge in [0.1, 0.15) is 0 Å². The number of nitrogens with zero attached hydrogens (tertiary/aromatic N) is 2. The lowest BCUT2D eigenvalue weighted by molar-refractivity contribution is 0.660. The highest BCUT2D eigenvalue weighted by Crippen LogP contribution is 2.51. The number of hydrogen-bond donors (Lipinski definition) is 0. The molecule has 11 aromatic rings. The van der Waals surface area contributed by atoms with Crippen molar-refractivity contribution in [2.45, 2.75) is 19.3 Å². The molecule has 58 heavy (non-hydrogen) atoms. The molecule has 0 saturated carbocycles. The molecule has 2 heterocycles. The molecule has 2 nitrogen and oxygen atoms in total. The second-order valence-corrected chi connectivity index (χ2v) is 17.1. The Morgan fingerprint density at radius 2 is 0.862 bits per heavy atom. The maximum atomic E-state index is 5.41. The molecule has 0 amide bonds. The average Bonchev–Trinajstić information content (AvgIpc) is 3.78. The summed E-state index contributed by atoms with van der Waals surface area (Å²) in [6, 6.07) is 64.2. The normalized spacial score (nSPS) is 13.1. The molecule has 0 unspecified atom stereocenters. The molecule has 0 radical (unpaired) electrons. The summed E-state index contributed by atoms with van der Waals surface area (Å²) in [6.07, 6.45) is 1.96. The quantitative estimate of drug-likeness (QED) is 0.167. The van der Waals surface area contributed by atoms with E-state index >= 15 is 0 Å². The molecule has 0 bridgehead atoms. The Balaban J connectivity index is 1.02. The lowest BCUT2D eigenvalue weighted by atomic mass is 9.81. The minimum absolute atomic E-state index is 0.0518. The lowest BCUT2D eigenvalue weighted by Gasteiger charge is -2.22. The average molecular weight is 757 g/mol. The van der Waals surface area contributed by atoms with Gasteiger partial charge in [-0.2, -0.15) is 0 Å². The molecule has 272 valence electrons. The number of rotatable bonds is 4. The van der Waals surface area contributed by atoms with Crippen LogP contribution < -0.4 is 0 Å². The molecule has 0 atom stereocenters. The van der Waals surface area contributed by atoms with Crippen molar-refractivity contribution in [3.63, 3.8) is 0 Å². The second kappa shape index (κ2) is 12.5. The van der Waals surface area contributed by atoms with E-state index in [0.29, 0.717) is 0 Å². The van der Waals surface area contributed by atoms with Crippen LogP contribution in [0.1, 0.15) is 25.0 Å². The van der Waals surface area contributed by atoms with Crippen LogP contribution in [0.2, 0.25) is 0 Å². The van der Waals surface area contributed by atoms with Gasteiger partial charge < -0.3 is 0 Å². The van der Waals surface area contributed by atoms with E-state index < -0.39 is 0 Å². The summed E-state index contributed by atoms with van der Waals surface area (Å²) >= 11 is 1.91. The molecule has 9 aromatic carbocycles. The third-order valence-corrected chi connectivity index (χ3v) is 13.8. The fourth-order valence-electron chi connectivity index (χ4n) is 9.78. The molecule has 2 aromatic heterocycles. The fourth-order valence-corrected chi connectivity index (χ4v) is 11.1. The molecule has 0 spiro atoms. The van der Waals surface area contributed by atoms with Crippen molar-refractivity contribution in [1.29, 1.82) is 0 Å². The predicted molar refractivity (Wildman–Crippen MR) is 247 cm³/mol. The van der Waals surface area contributed by atoms with Crippen molar-refractivity contribution in [1.82, 2.24) is 9.97 Å². The number of hydrogen-bond acceptors (Lipinski definition) is 3. The van der Waals surface area contributed by atoms with Gasteiger partial charge in [0.05, 0.1) is 22.9 Å². The Labute approximate surface area is 340 Å². The second-order valence-electron chi connectivity index (χ2n) is 16.0. The van der Waals surface area contributed by atoms with Crippen molar-refractivity contribution in [3.8, 4) is 55.8 Å². The first-order chi connectivity index (χ1) is 28.5. The van der Waals surface area contributed by atoms with Gasteiger partial charge in [-0.25, -0.2) is 4.98 Å². The molecule has 0 saturated heterocycles. The van der Waals surface area contributed by atoms with Crippen molar-refractivity contribution < 1.29 is 0 Å². The first kappa shape index (κ1) is 33.2. The zero-order chi connectivity index (χ0) is 38.5. The van der Waals surface area contributed by atoms with Crippen LogP contribution in [0.4, 0.5) is 0 Å². The van der Waals surface area contributed by atoms with E-state index in [-0.39, 0.29) is 5.41 Å². The standard InChI is InChI=1S/C55H36N2S/c1-55(2)48-28-12-11-20-40(48)41-30-29-33(31-49(41)55)34-24-13-26-46-47-27-14-25-45(54(47)58-53(34)46)39-19-4-3-15-35(39)36-16-5-8-21-42(36)50-32-56-51-43-22-9-6-17-37(43)38-18-7-10-23-44(38)52(51)57-50/h3-32H,1-2H3. The summed E-state index contributed by atoms with van der Waals surface area (Å²) in [6.45, 7) is 4.72. The molecule has 1 aliphatic rings. The van der Waals surface area contributed by atoms with Crippen molar-refractivity contribution >= 4 is 64.1 Å². The molecular weight excluding hydrogens is 721 g/mol. The Bertz CT molecular complexity index is 3460. The van der Waals surface area contributed by atoms with Crippen LogP contribution in [0.25, 0.3) is 109 Å². The van der Waals surface area contributed by atoms with Gasteiger partial charge in [0, 0.05) is 47.5 Å². The molecule has 0 aliphatic heterocycles. The lowest BCUT2D eigenvalue weighted by Crippen LogP contribution is -2.14. The van der Waals surface area contributed by atoms with Gasteiger partial charge >= 0.3 is 0 Å². The zero-order valence-electron chi connectivity index (χ0n) is 32.1. The fraction of sp³-hybridized carbons (Fsp3) is 0.0545. The van der Waals surface area contributed by atoms with Crippen molar-refractivity contribution in [3.05, 3.63) is 193 Å². The topological polar surface area (TPSA) is 25.8 Å². The minimum atomic E-state index is -0.0518. The van der Waals surface area contributed by atoms with E-state index in [4.69, 9.17) is 9.97 Å². The highest BCUT2D eigenvalue weighted by Gasteiger charge is 2.35. The summed E-state index contributed by atoms with van der Waals surface area (Å²) in [4.78, 5) is 10.5. The van der Waals surface area contributed by atoms with Gasteiger partial charge in [-0.05, 0) is 66.9 Å². The maximum Gasteiger partial charge on any atom is 0.0979 e. The Morgan fingerprint density at radius 3 is 1.57 bits per heavy atom. The number of fused-ring (bicyclic) bond motifs is 12. The summed E-state index contributed by atoms with van der Waals surface area (Å²) < 4.78 is 2.62. The van der Waals surface area contributed by atoms with Crippen LogP contribution >= 0.6 is 11.3 Å². The van der Waals surface area contributed by atoms with Crippen molar-refractivity contribution in [2.75, 3.05) is 0 Å². The largest absolute Gasteiger partial charge is 0.252 e. The molecule has 0 N–H and O–H groups in total. The molecule has 3 heteroatoms. The monoisotopic (exact) mass is 756 g/mol. The van der Waals surface area contributed by atoms with Crippen LogP contribution in [-0.2, 0) is 5.41 Å². The van der Waals surface area contributed by atoms with Crippen LogP contribution in [0.3, 0.4) is 0 Å². The number of aromatic nitrogens is 2. The van der Waals surface area contributed by atoms with E-state index in [1.54, 1.807) is 0 Å². The minimum Gasteiger partial charge on any atom is -0.252 e. The SMILES string of the molecule is CC1(C)c2ccccc2-c2ccc(-c3cccc4c3sc3c(-c5ccccc5-c5ccccc5-c5cnc6c7ccccc7c7ccccc7c6n5)cccc34)cc21. The Kier molecular flexibility index (Phi) is 7.18. The van der Waals surface area contributed by atoms with Crippen LogP contribution in [0.5, 0.6) is 0 Å². The molecule has 0 fully saturated rings. The van der Waals surface area contributed by atoms with Gasteiger partial charge in [-0.3, -0.25) is 4.98 Å². The smallest absolute Gasteiger partial charge is 0.0979 e. The highest BCUT2D eigenvalue weighted by molar-refractivity contribution is 7.26. The third kappa shape index (κ3) is 4.77. The number of benzene rings is 9. The summed E-state index contributed by atoms with van der Waals surface area (Å²) in [5.41, 5.74) is 16.6. The van der Waals surface area contributed by atoms with E-state index in [2.05, 4.69) is 190 Å². The maximum absolute atomic E-state index is 5.41. The first-order valence-corrected chi connectivity index (χ1v) is 20.8. The summed E-state index contributed by atoms with van der Waals surface area (Å²) in [7, 11) is 0. The first-order valence-electron chi connectivity index (χ1n) is 20.0. The predicted octanol–water partition coefficient (Wildman–Crippen LogP) is 15.3. The van der Waals surface area contributed by atoms with E-state index in [0.717, 1.165) is 38.6 Å². The Morgan fingerprint density at radius 1 is 0.379 bits per heavy atom. The van der Waals surface area contributed by atoms with Gasteiger partial charge in [0.25, 0.3) is 0 Å². The van der Waals surface area contributed by atoms with Gasteiger partial charge in [-0.1, -0.05) is 184 Å². The van der Waals surface area contributed by atoms with Crippen LogP contribution in [0.15, 0.2) is 182 Å². The van der Waals surface area contributed by atoms with Gasteiger partial charge in [0.15, 0.2) is 0 Å². The Hall–Kier alpha value is -6.94. The van der Waals surface area contributed by atoms with E-state index in [1.165, 1.54) is 81.0 Å². The van der Waals surface area contributed by atoms with Crippen LogP contribution in [-0.4, -0.2) is 9.97 Å². The zero-order valence-corrected chi connectivity index (χ0v) is 32.9. The van der Waals surface area contributed by atoms with Crippen LogP contribution in [0, 0.1) is 0 Å².